The summed E-state index contributed by atoms with van der Waals surface area (Å²) in [5.41, 5.74) is 0. The van der Waals surface area contributed by atoms with Crippen molar-refractivity contribution in [3.05, 3.63) is 0 Å². The Hall–Kier alpha value is 0.240. The molecule has 0 aromatic rings. The summed E-state index contributed by atoms with van der Waals surface area (Å²) < 4.78 is -0.817. The molecule has 0 amide bonds. The van der Waals surface area contributed by atoms with E-state index in [1.54, 1.807) is 22.6 Å². The maximum atomic E-state index is 10.1. The van der Waals surface area contributed by atoms with Crippen LogP contribution >= 0.6 is 22.6 Å². The van der Waals surface area contributed by atoms with Crippen LogP contribution in [0.2, 0.25) is 0 Å². The first-order chi connectivity index (χ1) is 5.54. The Balaban J connectivity index is 4.07. The Morgan fingerprint density at radius 3 is 2.17 bits per heavy atom. The standard InChI is InChI=1S/C6H11IO5/c7-5(3(10)1-8)6(12)4(11)2-9/h1,3-6,9-12H,2H2/t3-,4-,5-,6-/m1/s1/i7-4. The van der Waals surface area contributed by atoms with Crippen LogP contribution in [0.1, 0.15) is 0 Å². The summed E-state index contributed by atoms with van der Waals surface area (Å²) >= 11 is 1.63. The molecule has 4 atom stereocenters. The zero-order valence-electron chi connectivity index (χ0n) is 6.17. The molecule has 0 saturated heterocycles. The fourth-order valence-corrected chi connectivity index (χ4v) is 1.25. The molecule has 0 bridgehead atoms. The van der Waals surface area contributed by atoms with E-state index < -0.39 is 28.8 Å². The first kappa shape index (κ1) is 12.2. The smallest absolute Gasteiger partial charge is 0.149 e. The number of aldehydes is 1. The first-order valence-electron chi connectivity index (χ1n) is 3.29. The molecular formula is C6H11IO5. The van der Waals surface area contributed by atoms with E-state index in [4.69, 9.17) is 20.4 Å². The van der Waals surface area contributed by atoms with Crippen molar-refractivity contribution < 1.29 is 25.2 Å². The molecule has 0 radical (unpaired) electrons. The van der Waals surface area contributed by atoms with Gasteiger partial charge < -0.3 is 25.2 Å². The lowest BCUT2D eigenvalue weighted by atomic mass is 10.1. The van der Waals surface area contributed by atoms with E-state index in [9.17, 15) is 4.79 Å². The SMILES string of the molecule is O=C[C@@H](O)[C@@H]([123I])[C@H](O)[C@H](O)CO. The molecule has 0 aliphatic carbocycles. The fraction of sp³-hybridized carbons (Fsp3) is 0.833. The van der Waals surface area contributed by atoms with E-state index in [1.807, 2.05) is 0 Å². The summed E-state index contributed by atoms with van der Waals surface area (Å²) in [4.78, 5) is 10.1. The molecule has 0 spiro atoms. The van der Waals surface area contributed by atoms with E-state index in [1.165, 1.54) is 0 Å². The third-order valence-electron chi connectivity index (χ3n) is 1.37. The number of alkyl halides is 1. The Morgan fingerprint density at radius 1 is 1.33 bits per heavy atom. The summed E-state index contributed by atoms with van der Waals surface area (Å²) in [5.74, 6) is 0. The topological polar surface area (TPSA) is 98.0 Å². The van der Waals surface area contributed by atoms with Gasteiger partial charge in [-0.05, 0) is 0 Å². The van der Waals surface area contributed by atoms with E-state index in [0.717, 1.165) is 0 Å². The van der Waals surface area contributed by atoms with E-state index in [-0.39, 0.29) is 6.29 Å². The predicted molar refractivity (Wildman–Crippen MR) is 49.0 cm³/mol. The number of aliphatic hydroxyl groups excluding tert-OH is 4. The van der Waals surface area contributed by atoms with Crippen molar-refractivity contribution in [3.8, 4) is 0 Å². The largest absolute Gasteiger partial charge is 0.394 e. The van der Waals surface area contributed by atoms with Gasteiger partial charge in [-0.2, -0.15) is 0 Å². The maximum Gasteiger partial charge on any atom is 0.149 e. The Bertz CT molecular complexity index is 142. The average Bonchev–Trinajstić information content (AvgIpc) is 2.12. The second-order valence-electron chi connectivity index (χ2n) is 2.31. The van der Waals surface area contributed by atoms with Crippen LogP contribution in [0.3, 0.4) is 0 Å². The van der Waals surface area contributed by atoms with Crippen molar-refractivity contribution in [3.63, 3.8) is 0 Å². The van der Waals surface area contributed by atoms with Gasteiger partial charge in [0.2, 0.25) is 0 Å². The Morgan fingerprint density at radius 2 is 1.83 bits per heavy atom. The number of rotatable bonds is 5. The van der Waals surface area contributed by atoms with Crippen LogP contribution in [-0.2, 0) is 4.79 Å². The first-order valence-corrected chi connectivity index (χ1v) is 4.53. The molecule has 0 fully saturated rings. The predicted octanol–water partition coefficient (Wildman–Crippen LogP) is -1.94. The molecule has 0 saturated carbocycles. The molecule has 0 aliphatic rings. The monoisotopic (exact) mass is 286 g/mol. The summed E-state index contributed by atoms with van der Waals surface area (Å²) in [6.07, 6.45) is -3.70. The van der Waals surface area contributed by atoms with Gasteiger partial charge in [-0.3, -0.25) is 0 Å². The van der Waals surface area contributed by atoms with Crippen molar-refractivity contribution in [2.75, 3.05) is 6.61 Å². The number of aliphatic hydroxyl groups is 4. The third kappa shape index (κ3) is 3.31. The summed E-state index contributed by atoms with van der Waals surface area (Å²) in [6, 6.07) is 0. The minimum Gasteiger partial charge on any atom is -0.394 e. The van der Waals surface area contributed by atoms with Gasteiger partial charge in [-0.25, -0.2) is 0 Å². The lowest BCUT2D eigenvalue weighted by molar-refractivity contribution is -0.116. The van der Waals surface area contributed by atoms with Crippen LogP contribution in [0.4, 0.5) is 0 Å². The third-order valence-corrected chi connectivity index (χ3v) is 2.85. The number of carbonyl (C=O) groups is 1. The Kier molecular flexibility index (Phi) is 5.93. The van der Waals surface area contributed by atoms with Gasteiger partial charge in [0.05, 0.1) is 16.6 Å². The average molecular weight is 286 g/mol. The lowest BCUT2D eigenvalue weighted by Crippen LogP contribution is -2.42. The van der Waals surface area contributed by atoms with Crippen molar-refractivity contribution in [2.45, 2.75) is 22.2 Å². The van der Waals surface area contributed by atoms with Gasteiger partial charge in [0.15, 0.2) is 0 Å². The van der Waals surface area contributed by atoms with Crippen LogP contribution in [0.5, 0.6) is 0 Å². The highest BCUT2D eigenvalue weighted by atomic mass is 123. The number of halogens is 1. The van der Waals surface area contributed by atoms with Crippen LogP contribution in [0.15, 0.2) is 0 Å². The molecule has 0 aromatic carbocycles. The van der Waals surface area contributed by atoms with Crippen molar-refractivity contribution in [1.29, 1.82) is 0 Å². The van der Waals surface area contributed by atoms with E-state index >= 15 is 0 Å². The molecule has 12 heavy (non-hydrogen) atoms. The van der Waals surface area contributed by atoms with Gasteiger partial charge in [-0.1, -0.05) is 22.6 Å². The summed E-state index contributed by atoms with van der Waals surface area (Å²) in [7, 11) is 0. The molecule has 72 valence electrons. The van der Waals surface area contributed by atoms with Gasteiger partial charge in [0.25, 0.3) is 0 Å². The van der Waals surface area contributed by atoms with Gasteiger partial charge in [-0.15, -0.1) is 0 Å². The zero-order valence-corrected chi connectivity index (χ0v) is 8.33. The normalized spacial score (nSPS) is 21.1. The lowest BCUT2D eigenvalue weighted by Gasteiger charge is -2.22. The van der Waals surface area contributed by atoms with Gasteiger partial charge in [0, 0.05) is 0 Å². The van der Waals surface area contributed by atoms with Crippen LogP contribution in [0, 0.1) is 0 Å². The van der Waals surface area contributed by atoms with Crippen LogP contribution < -0.4 is 0 Å². The van der Waals surface area contributed by atoms with Crippen LogP contribution in [-0.4, -0.2) is 55.6 Å². The van der Waals surface area contributed by atoms with Gasteiger partial charge >= 0.3 is 0 Å². The highest BCUT2D eigenvalue weighted by molar-refractivity contribution is 14.1. The molecule has 0 aromatic heterocycles. The zero-order chi connectivity index (χ0) is 9.72. The molecule has 5 nitrogen and oxygen atoms in total. The van der Waals surface area contributed by atoms with Crippen LogP contribution in [0.25, 0.3) is 0 Å². The maximum absolute atomic E-state index is 10.1. The van der Waals surface area contributed by atoms with E-state index in [2.05, 4.69) is 0 Å². The highest BCUT2D eigenvalue weighted by Crippen LogP contribution is 2.13. The van der Waals surface area contributed by atoms with Gasteiger partial charge in [0.1, 0.15) is 18.5 Å². The number of carbonyl (C=O) groups excluding carboxylic acids is 1. The molecule has 0 heterocycles. The van der Waals surface area contributed by atoms with Crippen molar-refractivity contribution >= 4 is 28.9 Å². The second kappa shape index (κ2) is 5.81. The minimum absolute atomic E-state index is 0.268. The summed E-state index contributed by atoms with van der Waals surface area (Å²) in [5, 5.41) is 35.4. The molecule has 4 N–H and O–H groups in total. The van der Waals surface area contributed by atoms with Crippen molar-refractivity contribution in [1.82, 2.24) is 0 Å². The fourth-order valence-electron chi connectivity index (χ4n) is 0.597. The molecule has 0 unspecified atom stereocenters. The number of hydrogen-bond donors (Lipinski definition) is 4. The molecule has 0 aliphatic heterocycles. The molecule has 0 rings (SSSR count). The quantitative estimate of drug-likeness (QED) is 0.268. The number of hydrogen-bond acceptors (Lipinski definition) is 5. The van der Waals surface area contributed by atoms with Crippen molar-refractivity contribution in [2.24, 2.45) is 0 Å². The summed E-state index contributed by atoms with van der Waals surface area (Å²) in [6.45, 7) is -0.605. The second-order valence-corrected chi connectivity index (χ2v) is 3.75. The molecule has 6 heteroatoms. The Labute approximate surface area is 83.2 Å². The van der Waals surface area contributed by atoms with E-state index in [0.29, 0.717) is 0 Å². The minimum atomic E-state index is -1.33. The molecular weight excluding hydrogens is 275 g/mol. The highest BCUT2D eigenvalue weighted by Gasteiger charge is 2.28.